The molecule has 2 rings (SSSR count). The predicted octanol–water partition coefficient (Wildman–Crippen LogP) is 4.34. The minimum atomic E-state index is 0.606. The molecule has 0 radical (unpaired) electrons. The number of nitrogens with zero attached hydrogens (tertiary/aromatic N) is 1. The van der Waals surface area contributed by atoms with Crippen LogP contribution < -0.4 is 10.1 Å². The standard InChI is InChI=1S/C16H19ClN2O/c1-3-8-18-10-13-11-19-12(2)9-16(13)20-15-7-5-4-6-14(15)17/h4-7,9,11,18H,3,8,10H2,1-2H3. The van der Waals surface area contributed by atoms with E-state index in [1.165, 1.54) is 0 Å². The number of benzene rings is 1. The number of ether oxygens (including phenoxy) is 1. The van der Waals surface area contributed by atoms with Crippen LogP contribution in [0.15, 0.2) is 36.5 Å². The molecule has 0 amide bonds. The van der Waals surface area contributed by atoms with Gasteiger partial charge in [-0.05, 0) is 32.0 Å². The Balaban J connectivity index is 2.21. The molecule has 0 unspecified atom stereocenters. The van der Waals surface area contributed by atoms with Crippen LogP contribution in [-0.4, -0.2) is 11.5 Å². The van der Waals surface area contributed by atoms with Gasteiger partial charge in [-0.2, -0.15) is 0 Å². The lowest BCUT2D eigenvalue weighted by atomic mass is 10.2. The van der Waals surface area contributed by atoms with Crippen molar-refractivity contribution in [2.75, 3.05) is 6.54 Å². The van der Waals surface area contributed by atoms with Gasteiger partial charge < -0.3 is 10.1 Å². The first kappa shape index (κ1) is 14.8. The number of hydrogen-bond donors (Lipinski definition) is 1. The second-order valence-electron chi connectivity index (χ2n) is 4.64. The molecule has 2 aromatic rings. The fourth-order valence-electron chi connectivity index (χ4n) is 1.84. The molecule has 4 heteroatoms. The molecule has 1 aromatic carbocycles. The summed E-state index contributed by atoms with van der Waals surface area (Å²) in [5, 5.41) is 3.96. The van der Waals surface area contributed by atoms with Crippen LogP contribution in [0.1, 0.15) is 24.6 Å². The zero-order valence-corrected chi connectivity index (χ0v) is 12.6. The third-order valence-corrected chi connectivity index (χ3v) is 3.19. The van der Waals surface area contributed by atoms with Gasteiger partial charge in [-0.1, -0.05) is 30.7 Å². The molecule has 3 nitrogen and oxygen atoms in total. The number of aryl methyl sites for hydroxylation is 1. The first-order valence-electron chi connectivity index (χ1n) is 6.79. The van der Waals surface area contributed by atoms with Crippen molar-refractivity contribution in [2.45, 2.75) is 26.8 Å². The lowest BCUT2D eigenvalue weighted by Gasteiger charge is -2.13. The molecule has 0 aliphatic carbocycles. The van der Waals surface area contributed by atoms with Crippen molar-refractivity contribution in [3.8, 4) is 11.5 Å². The summed E-state index contributed by atoms with van der Waals surface area (Å²) in [7, 11) is 0. The fraction of sp³-hybridized carbons (Fsp3) is 0.312. The topological polar surface area (TPSA) is 34.2 Å². The first-order valence-corrected chi connectivity index (χ1v) is 7.17. The Morgan fingerprint density at radius 2 is 2.05 bits per heavy atom. The molecule has 0 saturated heterocycles. The molecule has 20 heavy (non-hydrogen) atoms. The molecule has 0 saturated carbocycles. The SMILES string of the molecule is CCCNCc1cnc(C)cc1Oc1ccccc1Cl. The lowest BCUT2D eigenvalue weighted by Crippen LogP contribution is -2.14. The largest absolute Gasteiger partial charge is 0.455 e. The number of aromatic nitrogens is 1. The lowest BCUT2D eigenvalue weighted by molar-refractivity contribution is 0.471. The van der Waals surface area contributed by atoms with Crippen molar-refractivity contribution in [1.82, 2.24) is 10.3 Å². The summed E-state index contributed by atoms with van der Waals surface area (Å²) in [4.78, 5) is 4.33. The van der Waals surface area contributed by atoms with Gasteiger partial charge in [-0.15, -0.1) is 0 Å². The highest BCUT2D eigenvalue weighted by atomic mass is 35.5. The molecule has 0 atom stereocenters. The van der Waals surface area contributed by atoms with Gasteiger partial charge in [0.1, 0.15) is 11.5 Å². The van der Waals surface area contributed by atoms with Gasteiger partial charge in [0.25, 0.3) is 0 Å². The highest BCUT2D eigenvalue weighted by Gasteiger charge is 2.08. The molecule has 0 bridgehead atoms. The summed E-state index contributed by atoms with van der Waals surface area (Å²) in [5.41, 5.74) is 1.95. The van der Waals surface area contributed by atoms with Crippen molar-refractivity contribution in [3.63, 3.8) is 0 Å². The van der Waals surface area contributed by atoms with Crippen molar-refractivity contribution >= 4 is 11.6 Å². The minimum absolute atomic E-state index is 0.606. The number of hydrogen-bond acceptors (Lipinski definition) is 3. The van der Waals surface area contributed by atoms with Gasteiger partial charge >= 0.3 is 0 Å². The van der Waals surface area contributed by atoms with Gasteiger partial charge in [0.05, 0.1) is 5.02 Å². The van der Waals surface area contributed by atoms with Gasteiger partial charge in [-0.25, -0.2) is 0 Å². The van der Waals surface area contributed by atoms with E-state index in [1.54, 1.807) is 0 Å². The number of para-hydroxylation sites is 1. The number of pyridine rings is 1. The van der Waals surface area contributed by atoms with Crippen LogP contribution in [0.25, 0.3) is 0 Å². The maximum Gasteiger partial charge on any atom is 0.146 e. The molecule has 0 spiro atoms. The smallest absolute Gasteiger partial charge is 0.146 e. The quantitative estimate of drug-likeness (QED) is 0.804. The first-order chi connectivity index (χ1) is 9.70. The van der Waals surface area contributed by atoms with Crippen molar-refractivity contribution in [3.05, 3.63) is 52.8 Å². The molecule has 0 aliphatic rings. The third-order valence-electron chi connectivity index (χ3n) is 2.88. The Hall–Kier alpha value is -1.58. The van der Waals surface area contributed by atoms with Gasteiger partial charge in [0, 0.05) is 30.1 Å². The molecule has 0 fully saturated rings. The maximum atomic E-state index is 6.14. The summed E-state index contributed by atoms with van der Waals surface area (Å²) >= 11 is 6.14. The Morgan fingerprint density at radius 1 is 1.25 bits per heavy atom. The average Bonchev–Trinajstić information content (AvgIpc) is 2.44. The Morgan fingerprint density at radius 3 is 2.80 bits per heavy atom. The van der Waals surface area contributed by atoms with E-state index in [2.05, 4.69) is 17.2 Å². The van der Waals surface area contributed by atoms with Crippen molar-refractivity contribution < 1.29 is 4.74 Å². The van der Waals surface area contributed by atoms with Gasteiger partial charge in [-0.3, -0.25) is 4.98 Å². The Kier molecular flexibility index (Phi) is 5.39. The van der Waals surface area contributed by atoms with E-state index in [0.29, 0.717) is 10.8 Å². The van der Waals surface area contributed by atoms with E-state index in [1.807, 2.05) is 43.5 Å². The van der Waals surface area contributed by atoms with Crippen LogP contribution in [0.2, 0.25) is 5.02 Å². The highest BCUT2D eigenvalue weighted by Crippen LogP contribution is 2.31. The zero-order chi connectivity index (χ0) is 14.4. The van der Waals surface area contributed by atoms with Gasteiger partial charge in [0.2, 0.25) is 0 Å². The molecule has 106 valence electrons. The summed E-state index contributed by atoms with van der Waals surface area (Å²) in [6.45, 7) is 5.80. The molecular weight excluding hydrogens is 272 g/mol. The average molecular weight is 291 g/mol. The predicted molar refractivity (Wildman–Crippen MR) is 82.5 cm³/mol. The van der Waals surface area contributed by atoms with E-state index in [9.17, 15) is 0 Å². The number of halogens is 1. The van der Waals surface area contributed by atoms with Gasteiger partial charge in [0.15, 0.2) is 0 Å². The highest BCUT2D eigenvalue weighted by molar-refractivity contribution is 6.32. The second-order valence-corrected chi connectivity index (χ2v) is 5.05. The second kappa shape index (κ2) is 7.27. The van der Waals surface area contributed by atoms with Crippen LogP contribution in [-0.2, 0) is 6.54 Å². The van der Waals surface area contributed by atoms with Crippen LogP contribution in [0.5, 0.6) is 11.5 Å². The minimum Gasteiger partial charge on any atom is -0.455 e. The monoisotopic (exact) mass is 290 g/mol. The van der Waals surface area contributed by atoms with Crippen LogP contribution in [0.4, 0.5) is 0 Å². The zero-order valence-electron chi connectivity index (χ0n) is 11.8. The van der Waals surface area contributed by atoms with Crippen LogP contribution >= 0.6 is 11.6 Å². The molecule has 1 N–H and O–H groups in total. The molecule has 1 heterocycles. The number of rotatable bonds is 6. The van der Waals surface area contributed by atoms with E-state index < -0.39 is 0 Å². The summed E-state index contributed by atoms with van der Waals surface area (Å²) in [6, 6.07) is 9.41. The molecular formula is C16H19ClN2O. The third kappa shape index (κ3) is 3.95. The van der Waals surface area contributed by atoms with Crippen LogP contribution in [0, 0.1) is 6.92 Å². The number of nitrogens with one attached hydrogen (secondary N) is 1. The van der Waals surface area contributed by atoms with E-state index in [-0.39, 0.29) is 0 Å². The molecule has 1 aromatic heterocycles. The Labute approximate surface area is 124 Å². The van der Waals surface area contributed by atoms with Crippen molar-refractivity contribution in [2.24, 2.45) is 0 Å². The van der Waals surface area contributed by atoms with Crippen LogP contribution in [0.3, 0.4) is 0 Å². The van der Waals surface area contributed by atoms with E-state index >= 15 is 0 Å². The normalized spacial score (nSPS) is 10.6. The Bertz CT molecular complexity index is 572. The van der Waals surface area contributed by atoms with Crippen molar-refractivity contribution in [1.29, 1.82) is 0 Å². The summed E-state index contributed by atoms with van der Waals surface area (Å²) in [5.74, 6) is 1.46. The fourth-order valence-corrected chi connectivity index (χ4v) is 2.01. The van der Waals surface area contributed by atoms with E-state index in [4.69, 9.17) is 16.3 Å². The maximum absolute atomic E-state index is 6.14. The summed E-state index contributed by atoms with van der Waals surface area (Å²) < 4.78 is 5.94. The van der Waals surface area contributed by atoms with E-state index in [0.717, 1.165) is 36.5 Å². The molecule has 0 aliphatic heterocycles. The summed E-state index contributed by atoms with van der Waals surface area (Å²) in [6.07, 6.45) is 2.95.